The molecule has 4 heteroatoms. The van der Waals surface area contributed by atoms with E-state index in [-0.39, 0.29) is 50.2 Å². The Kier molecular flexibility index (Phi) is 12.3. The van der Waals surface area contributed by atoms with Crippen LogP contribution in [0.1, 0.15) is 199 Å². The zero-order chi connectivity index (χ0) is 61.6. The first-order valence-electron chi connectivity index (χ1n) is 33.2. The molecule has 6 aliphatic rings. The summed E-state index contributed by atoms with van der Waals surface area (Å²) in [5.41, 5.74) is 30.9. The van der Waals surface area contributed by atoms with Crippen LogP contribution in [0.5, 0.6) is 0 Å². The molecule has 0 amide bonds. The van der Waals surface area contributed by atoms with Gasteiger partial charge in [-0.05, 0) is 186 Å². The number of nitrogens with zero attached hydrogens (tertiary/aromatic N) is 3. The fourth-order valence-electron chi connectivity index (χ4n) is 17.8. The predicted octanol–water partition coefficient (Wildman–Crippen LogP) is 20.8. The van der Waals surface area contributed by atoms with Gasteiger partial charge in [0, 0.05) is 61.5 Å². The number of rotatable bonds is 5. The van der Waals surface area contributed by atoms with E-state index in [1.54, 1.807) is 0 Å². The van der Waals surface area contributed by atoms with Crippen molar-refractivity contribution in [3.8, 4) is 22.3 Å². The first-order chi connectivity index (χ1) is 41.6. The van der Waals surface area contributed by atoms with Crippen molar-refractivity contribution in [3.63, 3.8) is 0 Å². The number of para-hydroxylation sites is 1. The van der Waals surface area contributed by atoms with Gasteiger partial charge in [-0.3, -0.25) is 0 Å². The van der Waals surface area contributed by atoms with E-state index in [2.05, 4.69) is 307 Å². The second-order valence-electron chi connectivity index (χ2n) is 32.3. The summed E-state index contributed by atoms with van der Waals surface area (Å²) >= 11 is 0. The van der Waals surface area contributed by atoms with Crippen LogP contribution in [-0.2, 0) is 37.9 Å². The molecule has 444 valence electrons. The lowest BCUT2D eigenvalue weighted by Crippen LogP contribution is -2.62. The second kappa shape index (κ2) is 19.0. The van der Waals surface area contributed by atoms with Gasteiger partial charge < -0.3 is 14.7 Å². The summed E-state index contributed by atoms with van der Waals surface area (Å²) in [6.07, 6.45) is 6.98. The number of hydrogen-bond acceptors (Lipinski definition) is 3. The molecule has 3 aliphatic carbocycles. The van der Waals surface area contributed by atoms with Gasteiger partial charge in [0.05, 0.1) is 16.9 Å². The van der Waals surface area contributed by atoms with E-state index < -0.39 is 0 Å². The molecule has 15 rings (SSSR count). The lowest BCUT2D eigenvalue weighted by molar-refractivity contribution is 0.195. The summed E-state index contributed by atoms with van der Waals surface area (Å²) in [6, 6.07) is 72.6. The van der Waals surface area contributed by atoms with Crippen molar-refractivity contribution in [2.45, 2.75) is 193 Å². The largest absolute Gasteiger partial charge is 0.334 e. The standard InChI is InChI=1S/C84H90BN3/c1-77(2,3)55-37-39-69(58(45-55)53-29-19-17-20-30-53)86-72-51-64-63(79(7,8)43-44-80(64,9)10)49-67(72)85-68-50-65-66(82(13,14)61-34-24-23-33-60(61)81(65,11)12)52-73(68)87(70-40-38-56(78(4,5)6)46-59(70)54-31-21-18-22-32-54)75-48-57(47-74(86)76(75)85)88-71-36-26-25-35-62(71)83(15)41-27-28-42-84(83,88)16/h17-26,29-40,45-52H,27-28,41-44H2,1-16H3. The van der Waals surface area contributed by atoms with Crippen LogP contribution >= 0.6 is 0 Å². The number of hydrogen-bond donors (Lipinski definition) is 0. The summed E-state index contributed by atoms with van der Waals surface area (Å²) in [5, 5.41) is 0. The Labute approximate surface area is 527 Å². The zero-order valence-corrected chi connectivity index (χ0v) is 55.5. The monoisotopic (exact) mass is 1150 g/mol. The summed E-state index contributed by atoms with van der Waals surface area (Å²) in [5.74, 6) is 0. The molecule has 3 nitrogen and oxygen atoms in total. The average molecular weight is 1150 g/mol. The van der Waals surface area contributed by atoms with Crippen LogP contribution < -0.4 is 31.1 Å². The fourth-order valence-corrected chi connectivity index (χ4v) is 17.8. The fraction of sp³-hybridized carbons (Fsp3) is 0.357. The number of anilines is 8. The summed E-state index contributed by atoms with van der Waals surface area (Å²) < 4.78 is 0. The molecule has 88 heavy (non-hydrogen) atoms. The van der Waals surface area contributed by atoms with Gasteiger partial charge in [0.25, 0.3) is 6.71 Å². The van der Waals surface area contributed by atoms with Crippen LogP contribution in [0, 0.1) is 0 Å². The van der Waals surface area contributed by atoms with E-state index >= 15 is 0 Å². The van der Waals surface area contributed by atoms with Crippen molar-refractivity contribution < 1.29 is 0 Å². The van der Waals surface area contributed by atoms with Crippen molar-refractivity contribution in [1.29, 1.82) is 0 Å². The first kappa shape index (κ1) is 56.9. The van der Waals surface area contributed by atoms with Crippen molar-refractivity contribution >= 4 is 68.6 Å². The van der Waals surface area contributed by atoms with Gasteiger partial charge in [0.1, 0.15) is 0 Å². The van der Waals surface area contributed by atoms with Crippen molar-refractivity contribution in [2.24, 2.45) is 0 Å². The highest BCUT2D eigenvalue weighted by Crippen LogP contribution is 2.63. The predicted molar refractivity (Wildman–Crippen MR) is 378 cm³/mol. The summed E-state index contributed by atoms with van der Waals surface area (Å²) in [6.45, 7) is 39.3. The molecule has 2 atom stereocenters. The molecule has 0 spiro atoms. The van der Waals surface area contributed by atoms with Crippen molar-refractivity contribution in [3.05, 3.63) is 232 Å². The lowest BCUT2D eigenvalue weighted by Gasteiger charge is -2.52. The topological polar surface area (TPSA) is 9.72 Å². The molecule has 3 heterocycles. The van der Waals surface area contributed by atoms with Gasteiger partial charge in [-0.1, -0.05) is 244 Å². The molecule has 0 N–H and O–H groups in total. The molecule has 9 aromatic rings. The van der Waals surface area contributed by atoms with E-state index in [1.165, 1.54) is 147 Å². The Balaban J connectivity index is 1.15. The maximum Gasteiger partial charge on any atom is 0.252 e. The normalized spacial score (nSPS) is 21.3. The molecule has 0 aromatic heterocycles. The molecule has 2 unspecified atom stereocenters. The van der Waals surface area contributed by atoms with Gasteiger partial charge in [-0.25, -0.2) is 0 Å². The molecular weight excluding hydrogens is 1060 g/mol. The third-order valence-electron chi connectivity index (χ3n) is 23.4. The Bertz CT molecular complexity index is 4360. The minimum absolute atomic E-state index is 0.0268. The van der Waals surface area contributed by atoms with E-state index in [0.29, 0.717) is 0 Å². The first-order valence-corrected chi connectivity index (χ1v) is 33.2. The van der Waals surface area contributed by atoms with E-state index in [0.717, 1.165) is 25.7 Å². The lowest BCUT2D eigenvalue weighted by atomic mass is 9.32. The molecule has 0 bridgehead atoms. The number of benzene rings is 9. The van der Waals surface area contributed by atoms with Crippen molar-refractivity contribution in [1.82, 2.24) is 0 Å². The Hall–Kier alpha value is -7.56. The second-order valence-corrected chi connectivity index (χ2v) is 32.3. The van der Waals surface area contributed by atoms with E-state index in [4.69, 9.17) is 0 Å². The van der Waals surface area contributed by atoms with Gasteiger partial charge in [0.15, 0.2) is 0 Å². The molecule has 0 radical (unpaired) electrons. The quantitative estimate of drug-likeness (QED) is 0.159. The van der Waals surface area contributed by atoms with Gasteiger partial charge in [0.2, 0.25) is 0 Å². The van der Waals surface area contributed by atoms with E-state index in [9.17, 15) is 0 Å². The van der Waals surface area contributed by atoms with Gasteiger partial charge in [-0.2, -0.15) is 0 Å². The molecule has 9 aromatic carbocycles. The highest BCUT2D eigenvalue weighted by Gasteiger charge is 2.58. The Morgan fingerprint density at radius 1 is 0.352 bits per heavy atom. The molecule has 3 aliphatic heterocycles. The third kappa shape index (κ3) is 8.07. The van der Waals surface area contributed by atoms with Gasteiger partial charge >= 0.3 is 0 Å². The Morgan fingerprint density at radius 2 is 0.773 bits per heavy atom. The number of fused-ring (bicyclic) bond motifs is 10. The maximum atomic E-state index is 2.85. The minimum Gasteiger partial charge on any atom is -0.334 e. The highest BCUT2D eigenvalue weighted by molar-refractivity contribution is 7.00. The minimum atomic E-state index is -0.282. The van der Waals surface area contributed by atoms with Gasteiger partial charge in [-0.15, -0.1) is 0 Å². The van der Waals surface area contributed by atoms with Crippen LogP contribution in [0.2, 0.25) is 0 Å². The van der Waals surface area contributed by atoms with Crippen LogP contribution in [0.15, 0.2) is 182 Å². The van der Waals surface area contributed by atoms with Crippen LogP contribution in [-0.4, -0.2) is 12.3 Å². The summed E-state index contributed by atoms with van der Waals surface area (Å²) in [7, 11) is 0. The van der Waals surface area contributed by atoms with E-state index in [1.807, 2.05) is 0 Å². The molecule has 0 saturated heterocycles. The Morgan fingerprint density at radius 3 is 1.27 bits per heavy atom. The summed E-state index contributed by atoms with van der Waals surface area (Å²) in [4.78, 5) is 8.42. The maximum absolute atomic E-state index is 2.85. The average Bonchev–Trinajstić information content (AvgIpc) is 1.04. The van der Waals surface area contributed by atoms with Crippen LogP contribution in [0.4, 0.5) is 45.5 Å². The SMILES string of the molecule is CC(C)(C)c1ccc(N2c3cc4c(cc3B3c5cc6c(cc5N(c5ccc(C(C)(C)C)cc5-c5ccccc5)c5cc(N7c8ccccc8C8(C)CCCCC78C)cc2c53)C(C)(C)c2ccccc2C6(C)C)C(C)(C)CCC4(C)C)c(-c2ccccc2)c1. The molecule has 1 saturated carbocycles. The van der Waals surface area contributed by atoms with Crippen LogP contribution in [0.3, 0.4) is 0 Å². The van der Waals surface area contributed by atoms with Crippen LogP contribution in [0.25, 0.3) is 22.3 Å². The zero-order valence-electron chi connectivity index (χ0n) is 55.5. The smallest absolute Gasteiger partial charge is 0.252 e. The molecule has 1 fully saturated rings. The van der Waals surface area contributed by atoms with Crippen molar-refractivity contribution in [2.75, 3.05) is 14.7 Å². The molecular formula is C84H90BN3. The highest BCUT2D eigenvalue weighted by atomic mass is 15.3. The third-order valence-corrected chi connectivity index (χ3v) is 23.4.